The number of esters is 1. The van der Waals surface area contributed by atoms with Gasteiger partial charge in [-0.2, -0.15) is 5.10 Å². The molecule has 0 saturated heterocycles. The smallest absolute Gasteiger partial charge is 0.344 e. The highest BCUT2D eigenvalue weighted by Gasteiger charge is 2.23. The number of amides is 1. The van der Waals surface area contributed by atoms with E-state index < -0.39 is 5.97 Å². The van der Waals surface area contributed by atoms with Crippen LogP contribution in [0.3, 0.4) is 0 Å². The lowest BCUT2D eigenvalue weighted by Gasteiger charge is -2.23. The summed E-state index contributed by atoms with van der Waals surface area (Å²) in [7, 11) is 0. The molecule has 0 N–H and O–H groups in total. The van der Waals surface area contributed by atoms with E-state index in [9.17, 15) is 9.59 Å². The Bertz CT molecular complexity index is 1320. The minimum absolute atomic E-state index is 0.0173. The second-order valence-corrected chi connectivity index (χ2v) is 8.48. The molecule has 0 radical (unpaired) electrons. The molecule has 3 heterocycles. The van der Waals surface area contributed by atoms with Crippen LogP contribution in [0.1, 0.15) is 45.4 Å². The van der Waals surface area contributed by atoms with Gasteiger partial charge in [-0.25, -0.2) is 19.3 Å². The number of hydrogen-bond acceptors (Lipinski definition) is 7. The van der Waals surface area contributed by atoms with E-state index >= 15 is 0 Å². The molecule has 3 aromatic heterocycles. The molecule has 9 heteroatoms. The number of rotatable bonds is 5. The molecule has 1 aromatic carbocycles. The Hall–Kier alpha value is -3.59. The van der Waals surface area contributed by atoms with Gasteiger partial charge in [0.1, 0.15) is 12.2 Å². The average Bonchev–Trinajstić information content (AvgIpc) is 3.31. The summed E-state index contributed by atoms with van der Waals surface area (Å²) in [6.07, 6.45) is 3.33. The predicted octanol–water partition coefficient (Wildman–Crippen LogP) is 4.46. The highest BCUT2D eigenvalue weighted by atomic mass is 32.1. The molecule has 164 valence electrons. The Kier molecular flexibility index (Phi) is 5.75. The number of benzene rings is 1. The van der Waals surface area contributed by atoms with Gasteiger partial charge in [0, 0.05) is 24.7 Å². The maximum atomic E-state index is 12.7. The molecule has 0 saturated carbocycles. The average molecular weight is 450 g/mol. The molecule has 1 amide bonds. The van der Waals surface area contributed by atoms with Crippen molar-refractivity contribution in [3.63, 3.8) is 0 Å². The van der Waals surface area contributed by atoms with Crippen LogP contribution in [0.2, 0.25) is 0 Å². The number of anilines is 2. The van der Waals surface area contributed by atoms with Gasteiger partial charge >= 0.3 is 5.97 Å². The first kappa shape index (κ1) is 21.6. The molecule has 0 aliphatic heterocycles. The normalized spacial score (nSPS) is 11.0. The number of ether oxygens (including phenoxy) is 1. The van der Waals surface area contributed by atoms with Crippen molar-refractivity contribution in [3.05, 3.63) is 69.6 Å². The Labute approximate surface area is 189 Å². The molecule has 4 aromatic rings. The molecule has 0 spiro atoms. The number of fused-ring (bicyclic) bond motifs is 1. The highest BCUT2D eigenvalue weighted by Crippen LogP contribution is 2.34. The zero-order valence-electron chi connectivity index (χ0n) is 18.5. The van der Waals surface area contributed by atoms with Crippen molar-refractivity contribution in [3.8, 4) is 0 Å². The quantitative estimate of drug-likeness (QED) is 0.418. The van der Waals surface area contributed by atoms with E-state index in [0.29, 0.717) is 27.7 Å². The van der Waals surface area contributed by atoms with Gasteiger partial charge in [-0.1, -0.05) is 17.7 Å². The zero-order valence-corrected chi connectivity index (χ0v) is 19.4. The molecule has 8 nitrogen and oxygen atoms in total. The maximum absolute atomic E-state index is 12.7. The summed E-state index contributed by atoms with van der Waals surface area (Å²) in [5.41, 5.74) is 5.84. The summed E-state index contributed by atoms with van der Waals surface area (Å²) in [6, 6.07) is 5.83. The van der Waals surface area contributed by atoms with Gasteiger partial charge in [0.2, 0.25) is 5.91 Å². The Morgan fingerprint density at radius 2 is 1.88 bits per heavy atom. The van der Waals surface area contributed by atoms with Crippen LogP contribution in [-0.4, -0.2) is 31.5 Å². The van der Waals surface area contributed by atoms with Crippen LogP contribution in [0.5, 0.6) is 0 Å². The van der Waals surface area contributed by atoms with Crippen LogP contribution in [-0.2, 0) is 16.1 Å². The number of carbonyl (C=O) groups excluding carboxylic acids is 2. The molecule has 4 rings (SSSR count). The third kappa shape index (κ3) is 3.99. The van der Waals surface area contributed by atoms with Crippen molar-refractivity contribution in [2.45, 2.75) is 41.2 Å². The van der Waals surface area contributed by atoms with Gasteiger partial charge in [0.25, 0.3) is 0 Å². The minimum Gasteiger partial charge on any atom is -0.455 e. The minimum atomic E-state index is -0.514. The van der Waals surface area contributed by atoms with Crippen LogP contribution in [0.25, 0.3) is 5.65 Å². The zero-order chi connectivity index (χ0) is 23.0. The Morgan fingerprint density at radius 1 is 1.16 bits per heavy atom. The summed E-state index contributed by atoms with van der Waals surface area (Å²) < 4.78 is 7.04. The third-order valence-corrected chi connectivity index (χ3v) is 5.90. The predicted molar refractivity (Wildman–Crippen MR) is 122 cm³/mol. The van der Waals surface area contributed by atoms with E-state index in [-0.39, 0.29) is 12.5 Å². The molecular formula is C23H23N5O3S. The van der Waals surface area contributed by atoms with Crippen molar-refractivity contribution in [2.24, 2.45) is 0 Å². The van der Waals surface area contributed by atoms with Gasteiger partial charge in [0.05, 0.1) is 17.1 Å². The van der Waals surface area contributed by atoms with Gasteiger partial charge in [-0.05, 0) is 44.9 Å². The van der Waals surface area contributed by atoms with Crippen LogP contribution in [0, 0.1) is 27.7 Å². The number of hydrogen-bond donors (Lipinski definition) is 0. The maximum Gasteiger partial charge on any atom is 0.344 e. The van der Waals surface area contributed by atoms with Crippen molar-refractivity contribution in [1.29, 1.82) is 0 Å². The molecular weight excluding hydrogens is 426 g/mol. The van der Waals surface area contributed by atoms with E-state index in [1.54, 1.807) is 40.2 Å². The van der Waals surface area contributed by atoms with E-state index in [1.807, 2.05) is 32.9 Å². The van der Waals surface area contributed by atoms with E-state index in [1.165, 1.54) is 18.3 Å². The second-order valence-electron chi connectivity index (χ2n) is 7.65. The van der Waals surface area contributed by atoms with Gasteiger partial charge in [0.15, 0.2) is 10.8 Å². The Morgan fingerprint density at radius 3 is 2.56 bits per heavy atom. The van der Waals surface area contributed by atoms with Crippen molar-refractivity contribution in [2.75, 3.05) is 4.90 Å². The number of carbonyl (C=O) groups is 2. The fourth-order valence-electron chi connectivity index (χ4n) is 3.83. The summed E-state index contributed by atoms with van der Waals surface area (Å²) in [5, 5.41) is 6.61. The lowest BCUT2D eigenvalue weighted by atomic mass is 10.0. The molecule has 0 unspecified atom stereocenters. The van der Waals surface area contributed by atoms with Crippen molar-refractivity contribution < 1.29 is 14.3 Å². The third-order valence-electron chi connectivity index (χ3n) is 5.03. The van der Waals surface area contributed by atoms with Crippen LogP contribution in [0.15, 0.2) is 36.0 Å². The number of thiazole rings is 1. The largest absolute Gasteiger partial charge is 0.455 e. The summed E-state index contributed by atoms with van der Waals surface area (Å²) in [5.74, 6) is -0.648. The SMILES string of the molecule is CC(=O)N(c1nc(COC(=O)c2c(C)nn3cccnc23)cs1)c1c(C)cc(C)cc1C. The fraction of sp³-hybridized carbons (Fsp3) is 0.261. The Balaban J connectivity index is 1.56. The molecule has 0 bridgehead atoms. The second kappa shape index (κ2) is 8.51. The van der Waals surface area contributed by atoms with Gasteiger partial charge in [-0.15, -0.1) is 11.3 Å². The standard InChI is InChI=1S/C23H23N5O3S/c1-13-9-14(2)20(15(3)10-13)28(17(5)29)23-25-18(12-32-23)11-31-22(30)19-16(4)26-27-8-6-7-24-21(19)27/h6-10,12H,11H2,1-5H3. The first-order valence-corrected chi connectivity index (χ1v) is 10.9. The van der Waals surface area contributed by atoms with Crippen LogP contribution < -0.4 is 4.90 Å². The lowest BCUT2D eigenvalue weighted by Crippen LogP contribution is -2.24. The van der Waals surface area contributed by atoms with Crippen LogP contribution >= 0.6 is 11.3 Å². The fourth-order valence-corrected chi connectivity index (χ4v) is 4.68. The number of aromatic nitrogens is 4. The molecule has 0 atom stereocenters. The lowest BCUT2D eigenvalue weighted by molar-refractivity contribution is -0.115. The van der Waals surface area contributed by atoms with Gasteiger partial charge in [-0.3, -0.25) is 9.69 Å². The van der Waals surface area contributed by atoms with Crippen molar-refractivity contribution in [1.82, 2.24) is 19.6 Å². The monoisotopic (exact) mass is 449 g/mol. The molecule has 0 aliphatic carbocycles. The topological polar surface area (TPSA) is 89.7 Å². The summed E-state index contributed by atoms with van der Waals surface area (Å²) in [4.78, 5) is 35.6. The number of aryl methyl sites for hydroxylation is 4. The highest BCUT2D eigenvalue weighted by molar-refractivity contribution is 7.14. The molecule has 32 heavy (non-hydrogen) atoms. The number of nitrogens with zero attached hydrogens (tertiary/aromatic N) is 5. The van der Waals surface area contributed by atoms with E-state index in [0.717, 1.165) is 22.4 Å². The first-order valence-electron chi connectivity index (χ1n) is 10.1. The summed E-state index contributed by atoms with van der Waals surface area (Å²) in [6.45, 7) is 9.22. The molecule has 0 aliphatic rings. The van der Waals surface area contributed by atoms with Crippen molar-refractivity contribution >= 4 is 39.7 Å². The molecule has 0 fully saturated rings. The first-order chi connectivity index (χ1) is 15.3. The van der Waals surface area contributed by atoms with E-state index in [2.05, 4.69) is 15.1 Å². The summed E-state index contributed by atoms with van der Waals surface area (Å²) >= 11 is 1.33. The van der Waals surface area contributed by atoms with E-state index in [4.69, 9.17) is 4.74 Å². The van der Waals surface area contributed by atoms with Crippen LogP contribution in [0.4, 0.5) is 10.8 Å². The van der Waals surface area contributed by atoms with Gasteiger partial charge < -0.3 is 4.74 Å².